The maximum atomic E-state index is 12.6. The molecule has 212 valence electrons. The zero-order chi connectivity index (χ0) is 29.6. The number of hydrogen-bond acceptors (Lipinski definition) is 10. The topological polar surface area (TPSA) is 117 Å². The van der Waals surface area contributed by atoms with Gasteiger partial charge in [-0.25, -0.2) is 16.8 Å². The number of nitrogens with one attached hydrogen (secondary N) is 1. The van der Waals surface area contributed by atoms with Crippen LogP contribution in [0.3, 0.4) is 0 Å². The molecular formula is C27H36N4O4S4. The Hall–Kier alpha value is -2.67. The lowest BCUT2D eigenvalue weighted by atomic mass is 10.2. The van der Waals surface area contributed by atoms with Crippen molar-refractivity contribution >= 4 is 58.9 Å². The largest absolute Gasteiger partial charge is 0.379 e. The Morgan fingerprint density at radius 1 is 1.10 bits per heavy atom. The minimum absolute atomic E-state index is 0.0438. The number of rotatable bonds is 15. The first-order valence-electron chi connectivity index (χ1n) is 11.9. The van der Waals surface area contributed by atoms with Crippen molar-refractivity contribution in [2.24, 2.45) is 15.0 Å². The lowest BCUT2D eigenvalue weighted by Crippen LogP contribution is -2.28. The minimum Gasteiger partial charge on any atom is -0.379 e. The third kappa shape index (κ3) is 10.1. The van der Waals surface area contributed by atoms with E-state index in [0.717, 1.165) is 9.81 Å². The van der Waals surface area contributed by atoms with E-state index in [0.29, 0.717) is 18.0 Å². The molecule has 0 bridgehead atoms. The van der Waals surface area contributed by atoms with E-state index in [2.05, 4.69) is 40.0 Å². The molecule has 8 nitrogen and oxygen atoms in total. The maximum absolute atomic E-state index is 12.6. The van der Waals surface area contributed by atoms with Crippen molar-refractivity contribution in [3.8, 4) is 0 Å². The molecule has 0 saturated heterocycles. The Kier molecular flexibility index (Phi) is 14.5. The molecule has 0 amide bonds. The Morgan fingerprint density at radius 2 is 1.77 bits per heavy atom. The SMILES string of the molecule is C=C/C=C(\C(=N/C)C1=CC=C(SSC(/C=N\C(=C)/C(=N/C=C\C)C(=C)S(=O)(=O)CC)=C/C)CN1)S(=O)(=O)CC. The van der Waals surface area contributed by atoms with Crippen LogP contribution in [0.4, 0.5) is 0 Å². The second-order valence-corrected chi connectivity index (χ2v) is 14.5. The van der Waals surface area contributed by atoms with Gasteiger partial charge in [0.05, 0.1) is 38.4 Å². The average Bonchev–Trinajstić information content (AvgIpc) is 2.93. The number of allylic oxidation sites excluding steroid dienone is 9. The van der Waals surface area contributed by atoms with Crippen LogP contribution in [0.1, 0.15) is 27.7 Å². The van der Waals surface area contributed by atoms with Crippen LogP contribution in [0, 0.1) is 0 Å². The van der Waals surface area contributed by atoms with E-state index in [1.54, 1.807) is 46.2 Å². The molecule has 0 aliphatic carbocycles. The van der Waals surface area contributed by atoms with Crippen LogP contribution in [0.2, 0.25) is 0 Å². The quantitative estimate of drug-likeness (QED) is 0.143. The summed E-state index contributed by atoms with van der Waals surface area (Å²) in [5, 5.41) is 3.25. The Labute approximate surface area is 241 Å². The fourth-order valence-corrected chi connectivity index (χ4v) is 6.82. The summed E-state index contributed by atoms with van der Waals surface area (Å²) in [6.45, 7) is 18.5. The maximum Gasteiger partial charge on any atom is 0.180 e. The highest BCUT2D eigenvalue weighted by molar-refractivity contribution is 8.79. The average molecular weight is 609 g/mol. The number of nitrogens with zero attached hydrogens (tertiary/aromatic N) is 3. The summed E-state index contributed by atoms with van der Waals surface area (Å²) < 4.78 is 49.8. The third-order valence-electron chi connectivity index (χ3n) is 5.11. The lowest BCUT2D eigenvalue weighted by Gasteiger charge is -2.19. The fourth-order valence-electron chi connectivity index (χ4n) is 2.88. The molecule has 0 aromatic carbocycles. The zero-order valence-corrected chi connectivity index (χ0v) is 26.2. The molecule has 0 aromatic rings. The predicted molar refractivity (Wildman–Crippen MR) is 173 cm³/mol. The first kappa shape index (κ1) is 34.4. The van der Waals surface area contributed by atoms with Crippen LogP contribution in [0.5, 0.6) is 0 Å². The third-order valence-corrected chi connectivity index (χ3v) is 11.2. The van der Waals surface area contributed by atoms with Gasteiger partial charge in [-0.2, -0.15) is 0 Å². The van der Waals surface area contributed by atoms with Gasteiger partial charge < -0.3 is 5.32 Å². The fraction of sp³-hybridized carbons (Fsp3) is 0.296. The highest BCUT2D eigenvalue weighted by atomic mass is 33.1. The van der Waals surface area contributed by atoms with Crippen molar-refractivity contribution in [3.05, 3.63) is 93.4 Å². The molecule has 1 N–H and O–H groups in total. The standard InChI is InChI=1S/C27H36N4O4S4/c1-9-14-25(39(34,35)13-5)27(28-8)24-16-15-23(19-31-24)37-36-22(11-3)18-30-20(6)26(29-17-10-2)21(7)38(32,33)12-4/h9-11,14-18,31H,1,6-7,12-13,19H2,2-5,8H3/b17-10-,22-11+,25-14+,28-27-,29-26-,30-18-. The molecule has 0 saturated carbocycles. The summed E-state index contributed by atoms with van der Waals surface area (Å²) in [7, 11) is -2.54. The van der Waals surface area contributed by atoms with E-state index in [1.165, 1.54) is 39.9 Å². The second kappa shape index (κ2) is 16.4. The number of hydrogen-bond donors (Lipinski definition) is 1. The van der Waals surface area contributed by atoms with Crippen LogP contribution in [-0.2, 0) is 19.7 Å². The highest BCUT2D eigenvalue weighted by Crippen LogP contribution is 2.36. The van der Waals surface area contributed by atoms with E-state index in [4.69, 9.17) is 0 Å². The monoisotopic (exact) mass is 608 g/mol. The van der Waals surface area contributed by atoms with E-state index in [-0.39, 0.29) is 32.7 Å². The summed E-state index contributed by atoms with van der Waals surface area (Å²) in [4.78, 5) is 14.6. The van der Waals surface area contributed by atoms with Gasteiger partial charge in [0, 0.05) is 35.8 Å². The number of sulfone groups is 2. The first-order chi connectivity index (χ1) is 18.4. The van der Waals surface area contributed by atoms with E-state index in [1.807, 2.05) is 19.1 Å². The van der Waals surface area contributed by atoms with Gasteiger partial charge in [-0.3, -0.25) is 15.0 Å². The van der Waals surface area contributed by atoms with Crippen LogP contribution >= 0.6 is 21.6 Å². The van der Waals surface area contributed by atoms with Gasteiger partial charge in [0.1, 0.15) is 5.71 Å². The molecule has 0 atom stereocenters. The normalized spacial score (nSPS) is 16.2. The highest BCUT2D eigenvalue weighted by Gasteiger charge is 2.24. The van der Waals surface area contributed by atoms with Gasteiger partial charge in [0.2, 0.25) is 0 Å². The molecule has 0 spiro atoms. The Bertz CT molecular complexity index is 1420. The van der Waals surface area contributed by atoms with Crippen LogP contribution in [0.25, 0.3) is 0 Å². The molecule has 1 aliphatic rings. The van der Waals surface area contributed by atoms with Crippen molar-refractivity contribution in [2.45, 2.75) is 27.7 Å². The summed E-state index contributed by atoms with van der Waals surface area (Å²) in [5.74, 6) is -0.146. The molecule has 0 fully saturated rings. The van der Waals surface area contributed by atoms with Crippen molar-refractivity contribution < 1.29 is 16.8 Å². The van der Waals surface area contributed by atoms with E-state index < -0.39 is 19.7 Å². The first-order valence-corrected chi connectivity index (χ1v) is 17.4. The van der Waals surface area contributed by atoms with E-state index in [9.17, 15) is 16.8 Å². The van der Waals surface area contributed by atoms with E-state index >= 15 is 0 Å². The molecule has 39 heavy (non-hydrogen) atoms. The summed E-state index contributed by atoms with van der Waals surface area (Å²) >= 11 is 0. The summed E-state index contributed by atoms with van der Waals surface area (Å²) in [6.07, 6.45) is 13.2. The van der Waals surface area contributed by atoms with Crippen molar-refractivity contribution in [1.29, 1.82) is 0 Å². The van der Waals surface area contributed by atoms with Crippen LogP contribution in [-0.4, -0.2) is 59.6 Å². The van der Waals surface area contributed by atoms with Crippen molar-refractivity contribution in [3.63, 3.8) is 0 Å². The van der Waals surface area contributed by atoms with Gasteiger partial charge >= 0.3 is 0 Å². The molecule has 12 heteroatoms. The summed E-state index contributed by atoms with van der Waals surface area (Å²) in [6, 6.07) is 0. The van der Waals surface area contributed by atoms with Crippen molar-refractivity contribution in [1.82, 2.24) is 5.32 Å². The number of aliphatic imine (C=N–C) groups is 3. The van der Waals surface area contributed by atoms with Gasteiger partial charge in [-0.1, -0.05) is 73.4 Å². The minimum atomic E-state index is -3.56. The van der Waals surface area contributed by atoms with Gasteiger partial charge in [0.15, 0.2) is 19.7 Å². The van der Waals surface area contributed by atoms with Gasteiger partial charge in [-0.05, 0) is 32.1 Å². The van der Waals surface area contributed by atoms with Gasteiger partial charge in [-0.15, -0.1) is 0 Å². The predicted octanol–water partition coefficient (Wildman–Crippen LogP) is 5.73. The second-order valence-electron chi connectivity index (χ2n) is 7.66. The molecule has 1 aliphatic heterocycles. The molecule has 0 radical (unpaired) electrons. The Balaban J connectivity index is 3.05. The summed E-state index contributed by atoms with van der Waals surface area (Å²) in [5.41, 5.74) is 1.25. The molecular weight excluding hydrogens is 573 g/mol. The van der Waals surface area contributed by atoms with Crippen LogP contribution < -0.4 is 5.32 Å². The van der Waals surface area contributed by atoms with Gasteiger partial charge in [0.25, 0.3) is 0 Å². The molecule has 1 rings (SSSR count). The zero-order valence-electron chi connectivity index (χ0n) is 23.0. The molecule has 0 aromatic heterocycles. The molecule has 0 unspecified atom stereocenters. The number of dihydropyridines is 1. The Morgan fingerprint density at radius 3 is 2.26 bits per heavy atom. The molecule has 1 heterocycles. The lowest BCUT2D eigenvalue weighted by molar-refractivity contribution is 0.603. The van der Waals surface area contributed by atoms with Crippen molar-refractivity contribution in [2.75, 3.05) is 25.1 Å². The van der Waals surface area contributed by atoms with Crippen LogP contribution in [0.15, 0.2) is 108 Å². The smallest absolute Gasteiger partial charge is 0.180 e.